The molecule has 2 rings (SSSR count). The van der Waals surface area contributed by atoms with E-state index in [9.17, 15) is 9.18 Å². The van der Waals surface area contributed by atoms with Crippen molar-refractivity contribution in [2.45, 2.75) is 32.4 Å². The van der Waals surface area contributed by atoms with Gasteiger partial charge in [0.15, 0.2) is 5.82 Å². The molecule has 1 atom stereocenters. The molecule has 1 fully saturated rings. The highest BCUT2D eigenvalue weighted by molar-refractivity contribution is 5.70. The monoisotopic (exact) mass is 311 g/mol. The molecule has 4 N–H and O–H groups in total. The van der Waals surface area contributed by atoms with E-state index < -0.39 is 23.6 Å². The molecule has 0 aliphatic carbocycles. The third-order valence-corrected chi connectivity index (χ3v) is 3.36. The van der Waals surface area contributed by atoms with E-state index in [1.807, 2.05) is 0 Å². The number of benzene rings is 1. The third kappa shape index (κ3) is 3.41. The Morgan fingerprint density at radius 3 is 2.73 bits per heavy atom. The van der Waals surface area contributed by atoms with Gasteiger partial charge in [0, 0.05) is 12.1 Å². The first kappa shape index (κ1) is 16.4. The van der Waals surface area contributed by atoms with Crippen molar-refractivity contribution in [3.8, 4) is 0 Å². The third-order valence-electron chi connectivity index (χ3n) is 3.36. The van der Waals surface area contributed by atoms with Gasteiger partial charge in [-0.25, -0.2) is 9.18 Å². The highest BCUT2D eigenvalue weighted by Gasteiger charge is 2.34. The molecule has 0 aromatic heterocycles. The second-order valence-electron chi connectivity index (χ2n) is 6.24. The Balaban J connectivity index is 2.31. The Labute approximate surface area is 129 Å². The van der Waals surface area contributed by atoms with Gasteiger partial charge in [-0.3, -0.25) is 4.90 Å². The molecule has 22 heavy (non-hydrogen) atoms. The van der Waals surface area contributed by atoms with E-state index in [1.54, 1.807) is 20.8 Å². The Hall–Kier alpha value is -2.02. The molecular weight excluding hydrogens is 289 g/mol. The van der Waals surface area contributed by atoms with Gasteiger partial charge in [0.2, 0.25) is 0 Å². The maximum Gasteiger partial charge on any atom is 0.410 e. The molecule has 0 saturated carbocycles. The van der Waals surface area contributed by atoms with Crippen molar-refractivity contribution in [1.82, 2.24) is 4.90 Å². The standard InChI is InChI=1S/C15H22FN3O3/c1-15(2,3)22-14(20)19-6-7-21-8-11(19)9-4-5-10(17)13(18)12(9)16/h4-5,11H,6-8,17-18H2,1-3H3. The van der Waals surface area contributed by atoms with Crippen LogP contribution in [0.5, 0.6) is 0 Å². The summed E-state index contributed by atoms with van der Waals surface area (Å²) in [5.41, 5.74) is 10.9. The molecule has 6 nitrogen and oxygen atoms in total. The van der Waals surface area contributed by atoms with E-state index in [4.69, 9.17) is 20.9 Å². The lowest BCUT2D eigenvalue weighted by molar-refractivity contribution is -0.0337. The molecule has 1 amide bonds. The van der Waals surface area contributed by atoms with Crippen molar-refractivity contribution in [2.75, 3.05) is 31.2 Å². The first-order valence-electron chi connectivity index (χ1n) is 7.11. The zero-order valence-corrected chi connectivity index (χ0v) is 13.1. The number of hydrogen-bond acceptors (Lipinski definition) is 5. The lowest BCUT2D eigenvalue weighted by Crippen LogP contribution is -2.46. The van der Waals surface area contributed by atoms with Gasteiger partial charge in [-0.2, -0.15) is 0 Å². The van der Waals surface area contributed by atoms with Crippen LogP contribution in [-0.2, 0) is 9.47 Å². The second kappa shape index (κ2) is 6.00. The highest BCUT2D eigenvalue weighted by atomic mass is 19.1. The molecule has 0 bridgehead atoms. The summed E-state index contributed by atoms with van der Waals surface area (Å²) in [6.45, 7) is 6.22. The molecule has 1 heterocycles. The van der Waals surface area contributed by atoms with Gasteiger partial charge in [0.25, 0.3) is 0 Å². The topological polar surface area (TPSA) is 90.8 Å². The van der Waals surface area contributed by atoms with Crippen molar-refractivity contribution in [1.29, 1.82) is 0 Å². The number of carbonyl (C=O) groups excluding carboxylic acids is 1. The van der Waals surface area contributed by atoms with E-state index in [2.05, 4.69) is 0 Å². The number of carbonyl (C=O) groups is 1. The van der Waals surface area contributed by atoms with E-state index in [0.717, 1.165) is 0 Å². The van der Waals surface area contributed by atoms with Gasteiger partial charge < -0.3 is 20.9 Å². The predicted molar refractivity (Wildman–Crippen MR) is 81.7 cm³/mol. The molecular formula is C15H22FN3O3. The number of rotatable bonds is 1. The second-order valence-corrected chi connectivity index (χ2v) is 6.24. The summed E-state index contributed by atoms with van der Waals surface area (Å²) in [4.78, 5) is 13.8. The number of ether oxygens (including phenoxy) is 2. The Morgan fingerprint density at radius 1 is 1.41 bits per heavy atom. The number of nitrogens with zero attached hydrogens (tertiary/aromatic N) is 1. The van der Waals surface area contributed by atoms with Crippen LogP contribution in [0, 0.1) is 5.82 Å². The van der Waals surface area contributed by atoms with Crippen molar-refractivity contribution in [3.63, 3.8) is 0 Å². The molecule has 0 radical (unpaired) electrons. The number of hydrogen-bond donors (Lipinski definition) is 2. The number of amides is 1. The summed E-state index contributed by atoms with van der Waals surface area (Å²) in [6, 6.07) is 2.46. The first-order chi connectivity index (χ1) is 10.2. The minimum Gasteiger partial charge on any atom is -0.444 e. The van der Waals surface area contributed by atoms with E-state index in [0.29, 0.717) is 13.2 Å². The molecule has 1 aromatic rings. The summed E-state index contributed by atoms with van der Waals surface area (Å²) in [5.74, 6) is -0.621. The van der Waals surface area contributed by atoms with E-state index in [-0.39, 0.29) is 23.5 Å². The molecule has 1 aliphatic rings. The molecule has 122 valence electrons. The smallest absolute Gasteiger partial charge is 0.410 e. The largest absolute Gasteiger partial charge is 0.444 e. The normalized spacial score (nSPS) is 19.1. The highest BCUT2D eigenvalue weighted by Crippen LogP contribution is 2.32. The molecule has 1 aliphatic heterocycles. The van der Waals surface area contributed by atoms with Crippen LogP contribution in [0.2, 0.25) is 0 Å². The van der Waals surface area contributed by atoms with E-state index in [1.165, 1.54) is 17.0 Å². The van der Waals surface area contributed by atoms with Crippen LogP contribution in [0.25, 0.3) is 0 Å². The fraction of sp³-hybridized carbons (Fsp3) is 0.533. The molecule has 7 heteroatoms. The van der Waals surface area contributed by atoms with Crippen LogP contribution in [0.3, 0.4) is 0 Å². The molecule has 1 saturated heterocycles. The maximum atomic E-state index is 14.4. The number of nitrogens with two attached hydrogens (primary N) is 2. The average Bonchev–Trinajstić information content (AvgIpc) is 2.43. The number of anilines is 2. The van der Waals surface area contributed by atoms with Crippen molar-refractivity contribution in [2.24, 2.45) is 0 Å². The van der Waals surface area contributed by atoms with Gasteiger partial charge >= 0.3 is 6.09 Å². The van der Waals surface area contributed by atoms with E-state index >= 15 is 0 Å². The van der Waals surface area contributed by atoms with Gasteiger partial charge in [-0.1, -0.05) is 6.07 Å². The fourth-order valence-electron chi connectivity index (χ4n) is 2.28. The maximum absolute atomic E-state index is 14.4. The van der Waals surface area contributed by atoms with Crippen LogP contribution >= 0.6 is 0 Å². The number of nitrogen functional groups attached to an aromatic ring is 2. The van der Waals surface area contributed by atoms with Crippen LogP contribution in [0.15, 0.2) is 12.1 Å². The van der Waals surface area contributed by atoms with Gasteiger partial charge in [-0.05, 0) is 26.8 Å². The SMILES string of the molecule is CC(C)(C)OC(=O)N1CCOCC1c1ccc(N)c(N)c1F. The summed E-state index contributed by atoms with van der Waals surface area (Å²) in [7, 11) is 0. The zero-order chi connectivity index (χ0) is 16.5. The summed E-state index contributed by atoms with van der Waals surface area (Å²) in [6.07, 6.45) is -0.504. The van der Waals surface area contributed by atoms with Crippen LogP contribution in [0.4, 0.5) is 20.6 Å². The quantitative estimate of drug-likeness (QED) is 0.777. The molecule has 1 unspecified atom stereocenters. The van der Waals surface area contributed by atoms with Crippen LogP contribution < -0.4 is 11.5 Å². The number of halogens is 1. The molecule has 1 aromatic carbocycles. The van der Waals surface area contributed by atoms with Crippen molar-refractivity contribution < 1.29 is 18.7 Å². The van der Waals surface area contributed by atoms with Crippen LogP contribution in [0.1, 0.15) is 32.4 Å². The summed E-state index contributed by atoms with van der Waals surface area (Å²) in [5, 5.41) is 0. The lowest BCUT2D eigenvalue weighted by atomic mass is 10.0. The first-order valence-corrected chi connectivity index (χ1v) is 7.11. The Kier molecular flexibility index (Phi) is 4.46. The fourth-order valence-corrected chi connectivity index (χ4v) is 2.28. The minimum atomic E-state index is -0.626. The van der Waals surface area contributed by atoms with Gasteiger partial charge in [-0.15, -0.1) is 0 Å². The number of morpholine rings is 1. The van der Waals surface area contributed by atoms with Crippen molar-refractivity contribution in [3.05, 3.63) is 23.5 Å². The minimum absolute atomic E-state index is 0.118. The van der Waals surface area contributed by atoms with Crippen molar-refractivity contribution >= 4 is 17.5 Å². The molecule has 0 spiro atoms. The summed E-state index contributed by atoms with van der Waals surface area (Å²) >= 11 is 0. The summed E-state index contributed by atoms with van der Waals surface area (Å²) < 4.78 is 25.1. The van der Waals surface area contributed by atoms with Crippen LogP contribution in [-0.4, -0.2) is 36.4 Å². The van der Waals surface area contributed by atoms with Gasteiger partial charge in [0.05, 0.1) is 30.6 Å². The predicted octanol–water partition coefficient (Wildman–Crippen LogP) is 2.30. The Morgan fingerprint density at radius 2 is 2.09 bits per heavy atom. The average molecular weight is 311 g/mol. The van der Waals surface area contributed by atoms with Gasteiger partial charge in [0.1, 0.15) is 5.60 Å². The lowest BCUT2D eigenvalue weighted by Gasteiger charge is -2.37. The Bertz CT molecular complexity index is 572. The zero-order valence-electron chi connectivity index (χ0n) is 13.1.